The van der Waals surface area contributed by atoms with Crippen LogP contribution in [0.2, 0.25) is 0 Å². The Labute approximate surface area is 184 Å². The van der Waals surface area contributed by atoms with E-state index in [0.29, 0.717) is 6.54 Å². The SMILES string of the molecule is COC(=O)C1CCN(C[C@@H](O)COc2cccc(CNCCCn3cccn3)c2)CC1. The van der Waals surface area contributed by atoms with E-state index in [1.165, 1.54) is 7.11 Å². The first-order chi connectivity index (χ1) is 15.1. The zero-order valence-electron chi connectivity index (χ0n) is 18.3. The lowest BCUT2D eigenvalue weighted by molar-refractivity contribution is -0.147. The van der Waals surface area contributed by atoms with Gasteiger partial charge in [0.1, 0.15) is 18.5 Å². The van der Waals surface area contributed by atoms with Crippen molar-refractivity contribution in [1.82, 2.24) is 20.0 Å². The minimum atomic E-state index is -0.571. The largest absolute Gasteiger partial charge is 0.491 e. The number of β-amino-alcohol motifs (C(OH)–C–C–N with tert-alkyl or cyclic N) is 1. The van der Waals surface area contributed by atoms with Crippen LogP contribution in [-0.4, -0.2) is 71.8 Å². The van der Waals surface area contributed by atoms with E-state index < -0.39 is 6.10 Å². The summed E-state index contributed by atoms with van der Waals surface area (Å²) >= 11 is 0. The summed E-state index contributed by atoms with van der Waals surface area (Å²) in [5.41, 5.74) is 1.15. The first-order valence-corrected chi connectivity index (χ1v) is 11.0. The minimum Gasteiger partial charge on any atom is -0.491 e. The summed E-state index contributed by atoms with van der Waals surface area (Å²) < 4.78 is 12.6. The Kier molecular flexibility index (Phi) is 9.33. The fraction of sp³-hybridized carbons (Fsp3) is 0.565. The molecule has 0 unspecified atom stereocenters. The van der Waals surface area contributed by atoms with Crippen LogP contribution in [0.4, 0.5) is 0 Å². The maximum atomic E-state index is 11.6. The predicted octanol–water partition coefficient (Wildman–Crippen LogP) is 1.69. The van der Waals surface area contributed by atoms with Crippen LogP contribution in [0.15, 0.2) is 42.7 Å². The van der Waals surface area contributed by atoms with E-state index in [1.54, 1.807) is 6.20 Å². The number of hydrogen-bond acceptors (Lipinski definition) is 7. The van der Waals surface area contributed by atoms with E-state index >= 15 is 0 Å². The molecule has 2 heterocycles. The number of piperidine rings is 1. The Bertz CT molecular complexity index is 776. The number of aryl methyl sites for hydroxylation is 1. The second kappa shape index (κ2) is 12.4. The number of ether oxygens (including phenoxy) is 2. The monoisotopic (exact) mass is 430 g/mol. The van der Waals surface area contributed by atoms with Crippen molar-refractivity contribution in [3.8, 4) is 5.75 Å². The van der Waals surface area contributed by atoms with Gasteiger partial charge in [-0.15, -0.1) is 0 Å². The standard InChI is InChI=1S/C23H34N4O4/c1-30-23(29)20-7-13-26(14-8-20)17-21(28)18-31-22-6-2-5-19(15-22)16-24-9-3-11-27-12-4-10-25-27/h2,4-6,10,12,15,20-21,24,28H,3,7-9,11,13-14,16-18H2,1H3/t21-/m1/s1. The number of aromatic nitrogens is 2. The molecule has 1 aliphatic heterocycles. The van der Waals surface area contributed by atoms with Crippen molar-refractivity contribution < 1.29 is 19.4 Å². The van der Waals surface area contributed by atoms with Crippen LogP contribution in [0, 0.1) is 5.92 Å². The van der Waals surface area contributed by atoms with E-state index in [2.05, 4.69) is 21.4 Å². The Morgan fingerprint density at radius 2 is 2.16 bits per heavy atom. The van der Waals surface area contributed by atoms with Gasteiger partial charge in [-0.05, 0) is 62.7 Å². The number of carbonyl (C=O) groups is 1. The van der Waals surface area contributed by atoms with Crippen LogP contribution in [0.1, 0.15) is 24.8 Å². The van der Waals surface area contributed by atoms with Gasteiger partial charge in [0.2, 0.25) is 0 Å². The number of nitrogens with one attached hydrogen (secondary N) is 1. The molecule has 0 spiro atoms. The molecular weight excluding hydrogens is 396 g/mol. The van der Waals surface area contributed by atoms with E-state index in [0.717, 1.165) is 63.3 Å². The van der Waals surface area contributed by atoms with E-state index in [4.69, 9.17) is 9.47 Å². The fourth-order valence-corrected chi connectivity index (χ4v) is 3.84. The maximum absolute atomic E-state index is 11.6. The molecule has 31 heavy (non-hydrogen) atoms. The van der Waals surface area contributed by atoms with Crippen molar-refractivity contribution in [2.45, 2.75) is 38.5 Å². The molecule has 0 radical (unpaired) electrons. The molecule has 8 heteroatoms. The lowest BCUT2D eigenvalue weighted by atomic mass is 9.97. The predicted molar refractivity (Wildman–Crippen MR) is 118 cm³/mol. The maximum Gasteiger partial charge on any atom is 0.308 e. The Hall–Kier alpha value is -2.42. The van der Waals surface area contributed by atoms with Crippen LogP contribution < -0.4 is 10.1 Å². The van der Waals surface area contributed by atoms with E-state index in [-0.39, 0.29) is 18.5 Å². The molecule has 1 fully saturated rings. The van der Waals surface area contributed by atoms with E-state index in [1.807, 2.05) is 35.1 Å². The number of carbonyl (C=O) groups excluding carboxylic acids is 1. The van der Waals surface area contributed by atoms with Gasteiger partial charge in [-0.1, -0.05) is 12.1 Å². The molecule has 170 valence electrons. The zero-order valence-corrected chi connectivity index (χ0v) is 18.3. The van der Waals surface area contributed by atoms with Crippen molar-refractivity contribution in [3.63, 3.8) is 0 Å². The summed E-state index contributed by atoms with van der Waals surface area (Å²) in [6.07, 6.45) is 5.76. The summed E-state index contributed by atoms with van der Waals surface area (Å²) in [4.78, 5) is 13.8. The van der Waals surface area contributed by atoms with Gasteiger partial charge in [-0.25, -0.2) is 0 Å². The van der Waals surface area contributed by atoms with Gasteiger partial charge in [0, 0.05) is 32.0 Å². The fourth-order valence-electron chi connectivity index (χ4n) is 3.84. The highest BCUT2D eigenvalue weighted by Gasteiger charge is 2.26. The number of rotatable bonds is 12. The number of aliphatic hydroxyl groups is 1. The number of likely N-dealkylation sites (tertiary alicyclic amines) is 1. The summed E-state index contributed by atoms with van der Waals surface area (Å²) in [7, 11) is 1.43. The van der Waals surface area contributed by atoms with Gasteiger partial charge in [0.05, 0.1) is 13.0 Å². The van der Waals surface area contributed by atoms with Crippen LogP contribution >= 0.6 is 0 Å². The zero-order chi connectivity index (χ0) is 21.9. The Morgan fingerprint density at radius 3 is 2.90 bits per heavy atom. The summed E-state index contributed by atoms with van der Waals surface area (Å²) in [6.45, 7) is 4.96. The van der Waals surface area contributed by atoms with Crippen molar-refractivity contribution >= 4 is 5.97 Å². The highest BCUT2D eigenvalue weighted by molar-refractivity contribution is 5.72. The molecule has 0 aliphatic carbocycles. The van der Waals surface area contributed by atoms with Crippen LogP contribution in [0.5, 0.6) is 5.75 Å². The average Bonchev–Trinajstić information content (AvgIpc) is 3.31. The second-order valence-electron chi connectivity index (χ2n) is 8.01. The van der Waals surface area contributed by atoms with Gasteiger partial charge in [-0.3, -0.25) is 9.48 Å². The molecule has 0 amide bonds. The normalized spacial score (nSPS) is 16.2. The molecule has 1 aromatic carbocycles. The molecule has 2 aromatic rings. The number of aliphatic hydroxyl groups excluding tert-OH is 1. The molecule has 8 nitrogen and oxygen atoms in total. The third-order valence-corrected chi connectivity index (χ3v) is 5.56. The van der Waals surface area contributed by atoms with Gasteiger partial charge >= 0.3 is 5.97 Å². The number of hydrogen-bond donors (Lipinski definition) is 2. The molecule has 0 bridgehead atoms. The van der Waals surface area contributed by atoms with Crippen LogP contribution in [0.3, 0.4) is 0 Å². The smallest absolute Gasteiger partial charge is 0.308 e. The van der Waals surface area contributed by atoms with Crippen molar-refractivity contribution in [2.75, 3.05) is 39.9 Å². The third-order valence-electron chi connectivity index (χ3n) is 5.56. The highest BCUT2D eigenvalue weighted by atomic mass is 16.5. The van der Waals surface area contributed by atoms with Crippen LogP contribution in [-0.2, 0) is 22.6 Å². The first kappa shape index (κ1) is 23.2. The van der Waals surface area contributed by atoms with Crippen molar-refractivity contribution in [2.24, 2.45) is 5.92 Å². The highest BCUT2D eigenvalue weighted by Crippen LogP contribution is 2.19. The summed E-state index contributed by atoms with van der Waals surface area (Å²) in [6, 6.07) is 9.89. The van der Waals surface area contributed by atoms with Crippen molar-refractivity contribution in [3.05, 3.63) is 48.3 Å². The topological polar surface area (TPSA) is 88.9 Å². The molecule has 1 aromatic heterocycles. The first-order valence-electron chi connectivity index (χ1n) is 11.0. The number of methoxy groups -OCH3 is 1. The lowest BCUT2D eigenvalue weighted by Crippen LogP contribution is -2.42. The minimum absolute atomic E-state index is 0.0171. The summed E-state index contributed by atoms with van der Waals surface area (Å²) in [5.74, 6) is 0.617. The number of esters is 1. The molecular formula is C23H34N4O4. The van der Waals surface area contributed by atoms with Crippen LogP contribution in [0.25, 0.3) is 0 Å². The van der Waals surface area contributed by atoms with Crippen molar-refractivity contribution in [1.29, 1.82) is 0 Å². The Morgan fingerprint density at radius 1 is 1.32 bits per heavy atom. The number of benzene rings is 1. The Balaban J connectivity index is 1.31. The van der Waals surface area contributed by atoms with Gasteiger partial charge < -0.3 is 24.8 Å². The summed E-state index contributed by atoms with van der Waals surface area (Å²) in [5, 5.41) is 18.0. The van der Waals surface area contributed by atoms with Gasteiger partial charge in [0.25, 0.3) is 0 Å². The molecule has 0 saturated carbocycles. The average molecular weight is 431 g/mol. The molecule has 1 aliphatic rings. The number of nitrogens with zero attached hydrogens (tertiary/aromatic N) is 3. The molecule has 1 atom stereocenters. The van der Waals surface area contributed by atoms with Gasteiger partial charge in [-0.2, -0.15) is 5.10 Å². The third kappa shape index (κ3) is 7.97. The van der Waals surface area contributed by atoms with Gasteiger partial charge in [0.15, 0.2) is 0 Å². The molecule has 3 rings (SSSR count). The second-order valence-corrected chi connectivity index (χ2v) is 8.01. The quantitative estimate of drug-likeness (QED) is 0.391. The lowest BCUT2D eigenvalue weighted by Gasteiger charge is -2.31. The molecule has 2 N–H and O–H groups in total. The molecule has 1 saturated heterocycles. The van der Waals surface area contributed by atoms with E-state index in [9.17, 15) is 9.90 Å².